The lowest BCUT2D eigenvalue weighted by Crippen LogP contribution is -2.46. The number of hydrogen-bond acceptors (Lipinski definition) is 5. The van der Waals surface area contributed by atoms with Crippen LogP contribution in [0.5, 0.6) is 0 Å². The highest BCUT2D eigenvalue weighted by Gasteiger charge is 2.20. The zero-order valence-electron chi connectivity index (χ0n) is 12.1. The average Bonchev–Trinajstić information content (AvgIpc) is 2.41. The summed E-state index contributed by atoms with van der Waals surface area (Å²) in [5, 5.41) is 8.48. The molecule has 1 atom stereocenters. The Morgan fingerprint density at radius 1 is 1.26 bits per heavy atom. The van der Waals surface area contributed by atoms with Crippen LogP contribution in [-0.4, -0.2) is 61.5 Å². The van der Waals surface area contributed by atoms with Gasteiger partial charge in [-0.05, 0) is 32.6 Å². The standard InChI is InChI=1S/C13H23ClN4O/c1-5-17(3)9-11(10-19-4)18(6-2)13-8-7-12(14)15-16-13/h7-8,11H,5-6,9-10H2,1-4H3. The first-order valence-electron chi connectivity index (χ1n) is 6.55. The first kappa shape index (κ1) is 16.1. The van der Waals surface area contributed by atoms with Crippen LogP contribution in [0, 0.1) is 0 Å². The third kappa shape index (κ3) is 4.93. The maximum absolute atomic E-state index is 5.78. The molecule has 5 nitrogen and oxygen atoms in total. The Hall–Kier alpha value is -0.910. The molecule has 1 aromatic heterocycles. The van der Waals surface area contributed by atoms with Crippen molar-refractivity contribution in [3.63, 3.8) is 0 Å². The van der Waals surface area contributed by atoms with Crippen LogP contribution in [0.1, 0.15) is 13.8 Å². The molecule has 0 aliphatic rings. The molecule has 0 aromatic carbocycles. The number of hydrogen-bond donors (Lipinski definition) is 0. The maximum Gasteiger partial charge on any atom is 0.151 e. The number of halogens is 1. The van der Waals surface area contributed by atoms with Gasteiger partial charge >= 0.3 is 0 Å². The Bertz CT molecular complexity index is 360. The third-order valence-electron chi connectivity index (χ3n) is 3.11. The first-order chi connectivity index (χ1) is 9.12. The Morgan fingerprint density at radius 2 is 2.00 bits per heavy atom. The molecular weight excluding hydrogens is 264 g/mol. The summed E-state index contributed by atoms with van der Waals surface area (Å²) in [5.74, 6) is 0.832. The van der Waals surface area contributed by atoms with Crippen molar-refractivity contribution in [3.05, 3.63) is 17.3 Å². The van der Waals surface area contributed by atoms with Crippen molar-refractivity contribution in [1.29, 1.82) is 0 Å². The molecule has 0 spiro atoms. The summed E-state index contributed by atoms with van der Waals surface area (Å²) in [6.45, 7) is 7.67. The van der Waals surface area contributed by atoms with Crippen molar-refractivity contribution < 1.29 is 4.74 Å². The summed E-state index contributed by atoms with van der Waals surface area (Å²) in [6.07, 6.45) is 0. The summed E-state index contributed by atoms with van der Waals surface area (Å²) in [6, 6.07) is 3.91. The lowest BCUT2D eigenvalue weighted by atomic mass is 10.2. The molecule has 6 heteroatoms. The van der Waals surface area contributed by atoms with E-state index in [0.717, 1.165) is 25.5 Å². The van der Waals surface area contributed by atoms with Gasteiger partial charge in [-0.2, -0.15) is 0 Å². The van der Waals surface area contributed by atoms with Crippen LogP contribution in [0.25, 0.3) is 0 Å². The average molecular weight is 287 g/mol. The number of aromatic nitrogens is 2. The molecule has 108 valence electrons. The van der Waals surface area contributed by atoms with Crippen molar-refractivity contribution >= 4 is 17.4 Å². The van der Waals surface area contributed by atoms with E-state index >= 15 is 0 Å². The van der Waals surface area contributed by atoms with E-state index in [4.69, 9.17) is 16.3 Å². The molecule has 0 aliphatic carbocycles. The van der Waals surface area contributed by atoms with Crippen molar-refractivity contribution in [2.75, 3.05) is 45.3 Å². The smallest absolute Gasteiger partial charge is 0.151 e. The number of rotatable bonds is 8. The van der Waals surface area contributed by atoms with E-state index in [1.54, 1.807) is 13.2 Å². The predicted octanol–water partition coefficient (Wildman–Crippen LogP) is 1.92. The van der Waals surface area contributed by atoms with Gasteiger partial charge < -0.3 is 14.5 Å². The highest BCUT2D eigenvalue weighted by molar-refractivity contribution is 6.29. The van der Waals surface area contributed by atoms with Crippen molar-refractivity contribution in [2.24, 2.45) is 0 Å². The second-order valence-corrected chi connectivity index (χ2v) is 4.85. The Balaban J connectivity index is 2.85. The zero-order valence-corrected chi connectivity index (χ0v) is 12.9. The van der Waals surface area contributed by atoms with Gasteiger partial charge in [0.1, 0.15) is 0 Å². The van der Waals surface area contributed by atoms with Gasteiger partial charge in [-0.15, -0.1) is 10.2 Å². The minimum atomic E-state index is 0.246. The third-order valence-corrected chi connectivity index (χ3v) is 3.32. The molecule has 0 radical (unpaired) electrons. The van der Waals surface area contributed by atoms with Gasteiger partial charge in [0.15, 0.2) is 11.0 Å². The maximum atomic E-state index is 5.78. The van der Waals surface area contributed by atoms with Crippen LogP contribution in [0.15, 0.2) is 12.1 Å². The summed E-state index contributed by atoms with van der Waals surface area (Å²) in [5.41, 5.74) is 0. The van der Waals surface area contributed by atoms with Gasteiger partial charge in [0.05, 0.1) is 12.6 Å². The quantitative estimate of drug-likeness (QED) is 0.730. The summed E-state index contributed by atoms with van der Waals surface area (Å²) in [4.78, 5) is 4.45. The first-order valence-corrected chi connectivity index (χ1v) is 6.93. The van der Waals surface area contributed by atoms with Crippen LogP contribution in [0.3, 0.4) is 0 Å². The molecule has 0 amide bonds. The minimum Gasteiger partial charge on any atom is -0.383 e. The summed E-state index contributed by atoms with van der Waals surface area (Å²) in [7, 11) is 3.82. The second kappa shape index (κ2) is 8.30. The van der Waals surface area contributed by atoms with Crippen LogP contribution >= 0.6 is 11.6 Å². The highest BCUT2D eigenvalue weighted by Crippen LogP contribution is 2.15. The molecule has 0 N–H and O–H groups in total. The van der Waals surface area contributed by atoms with Gasteiger partial charge in [-0.25, -0.2) is 0 Å². The number of methoxy groups -OCH3 is 1. The summed E-state index contributed by atoms with van der Waals surface area (Å²) < 4.78 is 5.33. The zero-order chi connectivity index (χ0) is 14.3. The number of nitrogens with zero attached hydrogens (tertiary/aromatic N) is 4. The van der Waals surface area contributed by atoms with Gasteiger partial charge in [0, 0.05) is 20.2 Å². The lowest BCUT2D eigenvalue weighted by Gasteiger charge is -2.33. The van der Waals surface area contributed by atoms with E-state index in [1.165, 1.54) is 0 Å². The van der Waals surface area contributed by atoms with Crippen molar-refractivity contribution in [2.45, 2.75) is 19.9 Å². The molecule has 1 aromatic rings. The normalized spacial score (nSPS) is 12.7. The van der Waals surface area contributed by atoms with E-state index in [9.17, 15) is 0 Å². The van der Waals surface area contributed by atoms with Crippen LogP contribution in [-0.2, 0) is 4.74 Å². The fraction of sp³-hybridized carbons (Fsp3) is 0.692. The number of ether oxygens (including phenoxy) is 1. The van der Waals surface area contributed by atoms with Crippen LogP contribution < -0.4 is 4.90 Å². The van der Waals surface area contributed by atoms with Gasteiger partial charge in [-0.3, -0.25) is 0 Å². The minimum absolute atomic E-state index is 0.246. The monoisotopic (exact) mass is 286 g/mol. The summed E-state index contributed by atoms with van der Waals surface area (Å²) >= 11 is 5.78. The molecule has 0 bridgehead atoms. The van der Waals surface area contributed by atoms with E-state index in [1.807, 2.05) is 6.07 Å². The molecule has 19 heavy (non-hydrogen) atoms. The Kier molecular flexibility index (Phi) is 7.05. The topological polar surface area (TPSA) is 41.5 Å². The van der Waals surface area contributed by atoms with E-state index in [-0.39, 0.29) is 6.04 Å². The van der Waals surface area contributed by atoms with Gasteiger partial charge in [0.25, 0.3) is 0 Å². The molecule has 0 saturated carbocycles. The SMILES string of the molecule is CCN(C)CC(COC)N(CC)c1ccc(Cl)nn1. The van der Waals surface area contributed by atoms with Crippen molar-refractivity contribution in [1.82, 2.24) is 15.1 Å². The lowest BCUT2D eigenvalue weighted by molar-refractivity contribution is 0.158. The van der Waals surface area contributed by atoms with E-state index in [2.05, 4.69) is 40.9 Å². The number of likely N-dealkylation sites (N-methyl/N-ethyl adjacent to an activating group) is 2. The van der Waals surface area contributed by atoms with Crippen LogP contribution in [0.4, 0.5) is 5.82 Å². The van der Waals surface area contributed by atoms with E-state index < -0.39 is 0 Å². The molecule has 0 saturated heterocycles. The fourth-order valence-electron chi connectivity index (χ4n) is 1.99. The molecule has 1 heterocycles. The second-order valence-electron chi connectivity index (χ2n) is 4.46. The van der Waals surface area contributed by atoms with Crippen LogP contribution in [0.2, 0.25) is 5.15 Å². The molecule has 1 rings (SSSR count). The Labute approximate surface area is 120 Å². The molecule has 0 fully saturated rings. The van der Waals surface area contributed by atoms with E-state index in [0.29, 0.717) is 11.8 Å². The molecule has 1 unspecified atom stereocenters. The Morgan fingerprint density at radius 3 is 2.47 bits per heavy atom. The molecule has 0 aliphatic heterocycles. The highest BCUT2D eigenvalue weighted by atomic mass is 35.5. The van der Waals surface area contributed by atoms with Gasteiger partial charge in [0.2, 0.25) is 0 Å². The predicted molar refractivity (Wildman–Crippen MR) is 78.9 cm³/mol. The van der Waals surface area contributed by atoms with Gasteiger partial charge in [-0.1, -0.05) is 18.5 Å². The largest absolute Gasteiger partial charge is 0.383 e. The molecular formula is C13H23ClN4O. The van der Waals surface area contributed by atoms with Crippen molar-refractivity contribution in [3.8, 4) is 0 Å². The number of anilines is 1. The fourth-order valence-corrected chi connectivity index (χ4v) is 2.09.